The number of amides is 1. The van der Waals surface area contributed by atoms with E-state index < -0.39 is 0 Å². The molecule has 0 bridgehead atoms. The van der Waals surface area contributed by atoms with Crippen LogP contribution in [-0.4, -0.2) is 13.0 Å². The molecule has 6 heteroatoms. The summed E-state index contributed by atoms with van der Waals surface area (Å²) in [5.74, 6) is 1.09. The molecule has 0 fully saturated rings. The smallest absolute Gasteiger partial charge is 0.255 e. The number of methoxy groups -OCH3 is 1. The van der Waals surface area contributed by atoms with Gasteiger partial charge in [-0.25, -0.2) is 0 Å². The number of benzene rings is 4. The summed E-state index contributed by atoms with van der Waals surface area (Å²) in [7, 11) is 1.59. The molecule has 0 saturated carbocycles. The van der Waals surface area contributed by atoms with Gasteiger partial charge in [0.1, 0.15) is 18.1 Å². The zero-order chi connectivity index (χ0) is 21.8. The molecule has 0 saturated heterocycles. The summed E-state index contributed by atoms with van der Waals surface area (Å²) < 4.78 is 11.5. The predicted octanol–water partition coefficient (Wildman–Crippen LogP) is 6.99. The second kappa shape index (κ2) is 9.29. The summed E-state index contributed by atoms with van der Waals surface area (Å²) in [6, 6.07) is 24.2. The zero-order valence-corrected chi connectivity index (χ0v) is 18.2. The van der Waals surface area contributed by atoms with Crippen molar-refractivity contribution in [2.45, 2.75) is 6.61 Å². The van der Waals surface area contributed by atoms with Crippen molar-refractivity contribution < 1.29 is 14.3 Å². The van der Waals surface area contributed by atoms with Crippen LogP contribution in [0.25, 0.3) is 10.8 Å². The van der Waals surface area contributed by atoms with Crippen molar-refractivity contribution in [2.75, 3.05) is 12.4 Å². The molecule has 4 aromatic rings. The lowest BCUT2D eigenvalue weighted by molar-refractivity contribution is 0.102. The first-order valence-corrected chi connectivity index (χ1v) is 10.4. The van der Waals surface area contributed by atoms with Crippen LogP contribution < -0.4 is 14.8 Å². The van der Waals surface area contributed by atoms with Gasteiger partial charge in [0.15, 0.2) is 0 Å². The molecule has 0 aliphatic carbocycles. The standard InChI is InChI=1S/C25H19Cl2NO3/c1-30-22-13-12-17(25(29)28-21-10-5-9-20(26)24(21)27)14-18(22)15-31-23-11-4-7-16-6-2-3-8-19(16)23/h2-14H,15H2,1H3,(H,28,29). The van der Waals surface area contributed by atoms with Crippen molar-refractivity contribution in [3.8, 4) is 11.5 Å². The van der Waals surface area contributed by atoms with E-state index in [1.165, 1.54) is 0 Å². The fraction of sp³-hybridized carbons (Fsp3) is 0.0800. The fourth-order valence-corrected chi connectivity index (χ4v) is 3.65. The number of nitrogens with one attached hydrogen (secondary N) is 1. The average Bonchev–Trinajstić information content (AvgIpc) is 2.80. The molecule has 31 heavy (non-hydrogen) atoms. The number of carbonyl (C=O) groups is 1. The minimum absolute atomic E-state index is 0.246. The monoisotopic (exact) mass is 451 g/mol. The number of ether oxygens (including phenoxy) is 2. The molecular weight excluding hydrogens is 433 g/mol. The Hall–Kier alpha value is -3.21. The number of anilines is 1. The Morgan fingerprint density at radius 3 is 2.52 bits per heavy atom. The van der Waals surface area contributed by atoms with Crippen LogP contribution in [0.4, 0.5) is 5.69 Å². The van der Waals surface area contributed by atoms with Crippen molar-refractivity contribution in [1.29, 1.82) is 0 Å². The molecule has 0 spiro atoms. The zero-order valence-electron chi connectivity index (χ0n) is 16.7. The molecule has 0 aliphatic rings. The van der Waals surface area contributed by atoms with E-state index in [0.717, 1.165) is 22.1 Å². The van der Waals surface area contributed by atoms with Gasteiger partial charge in [0, 0.05) is 16.5 Å². The van der Waals surface area contributed by atoms with Crippen LogP contribution in [0.2, 0.25) is 10.0 Å². The molecule has 0 aliphatic heterocycles. The van der Waals surface area contributed by atoms with Crippen molar-refractivity contribution in [2.24, 2.45) is 0 Å². The van der Waals surface area contributed by atoms with Gasteiger partial charge in [0.25, 0.3) is 5.91 Å². The van der Waals surface area contributed by atoms with E-state index in [-0.39, 0.29) is 12.5 Å². The first kappa shape index (κ1) is 21.0. The minimum atomic E-state index is -0.307. The largest absolute Gasteiger partial charge is 0.496 e. The maximum atomic E-state index is 12.8. The quantitative estimate of drug-likeness (QED) is 0.343. The van der Waals surface area contributed by atoms with E-state index >= 15 is 0 Å². The second-order valence-corrected chi connectivity index (χ2v) is 7.63. The first-order valence-electron chi connectivity index (χ1n) is 9.59. The van der Waals surface area contributed by atoms with Crippen LogP contribution in [0, 0.1) is 0 Å². The van der Waals surface area contributed by atoms with Crippen LogP contribution in [0.3, 0.4) is 0 Å². The van der Waals surface area contributed by atoms with Gasteiger partial charge in [-0.15, -0.1) is 0 Å². The molecule has 4 rings (SSSR count). The highest BCUT2D eigenvalue weighted by atomic mass is 35.5. The summed E-state index contributed by atoms with van der Waals surface area (Å²) in [6.45, 7) is 0.246. The molecule has 156 valence electrons. The third kappa shape index (κ3) is 4.61. The lowest BCUT2D eigenvalue weighted by atomic mass is 10.1. The molecule has 0 unspecified atom stereocenters. The molecule has 0 radical (unpaired) electrons. The Balaban J connectivity index is 1.57. The van der Waals surface area contributed by atoms with Crippen LogP contribution in [0.1, 0.15) is 15.9 Å². The van der Waals surface area contributed by atoms with Gasteiger partial charge in [-0.3, -0.25) is 4.79 Å². The Morgan fingerprint density at radius 1 is 0.903 bits per heavy atom. The minimum Gasteiger partial charge on any atom is -0.496 e. The maximum Gasteiger partial charge on any atom is 0.255 e. The Morgan fingerprint density at radius 2 is 1.68 bits per heavy atom. The van der Waals surface area contributed by atoms with Gasteiger partial charge in [-0.2, -0.15) is 0 Å². The van der Waals surface area contributed by atoms with Crippen molar-refractivity contribution >= 4 is 45.6 Å². The molecule has 0 heterocycles. The Labute approximate surface area is 190 Å². The van der Waals surface area contributed by atoms with Gasteiger partial charge in [-0.05, 0) is 41.8 Å². The van der Waals surface area contributed by atoms with Crippen LogP contribution >= 0.6 is 23.2 Å². The lowest BCUT2D eigenvalue weighted by Crippen LogP contribution is -2.13. The first-order chi connectivity index (χ1) is 15.1. The maximum absolute atomic E-state index is 12.8. The Bertz CT molecular complexity index is 1250. The van der Waals surface area contributed by atoms with E-state index in [4.69, 9.17) is 32.7 Å². The normalized spacial score (nSPS) is 10.7. The second-order valence-electron chi connectivity index (χ2n) is 6.85. The molecular formula is C25H19Cl2NO3. The summed E-state index contributed by atoms with van der Waals surface area (Å²) in [5.41, 5.74) is 1.65. The number of carbonyl (C=O) groups excluding carboxylic acids is 1. The average molecular weight is 452 g/mol. The van der Waals surface area contributed by atoms with Gasteiger partial charge in [0.2, 0.25) is 0 Å². The van der Waals surface area contributed by atoms with E-state index in [9.17, 15) is 4.79 Å². The molecule has 4 nitrogen and oxygen atoms in total. The van der Waals surface area contributed by atoms with Crippen molar-refractivity contribution in [3.05, 3.63) is 100 Å². The highest BCUT2D eigenvalue weighted by molar-refractivity contribution is 6.44. The number of fused-ring (bicyclic) bond motifs is 1. The lowest BCUT2D eigenvalue weighted by Gasteiger charge is -2.14. The molecule has 4 aromatic carbocycles. The third-order valence-electron chi connectivity index (χ3n) is 4.88. The molecule has 0 atom stereocenters. The Kier molecular flexibility index (Phi) is 6.31. The predicted molar refractivity (Wildman–Crippen MR) is 126 cm³/mol. The number of hydrogen-bond acceptors (Lipinski definition) is 3. The summed E-state index contributed by atoms with van der Waals surface area (Å²) in [5, 5.41) is 5.58. The van der Waals surface area contributed by atoms with Gasteiger partial charge in [-0.1, -0.05) is 65.7 Å². The topological polar surface area (TPSA) is 47.6 Å². The summed E-state index contributed by atoms with van der Waals surface area (Å²) >= 11 is 12.2. The SMILES string of the molecule is COc1ccc(C(=O)Nc2cccc(Cl)c2Cl)cc1COc1cccc2ccccc12. The molecule has 1 amide bonds. The van der Waals surface area contributed by atoms with Crippen molar-refractivity contribution in [3.63, 3.8) is 0 Å². The summed E-state index contributed by atoms with van der Waals surface area (Å²) in [6.07, 6.45) is 0. The number of hydrogen-bond donors (Lipinski definition) is 1. The van der Waals surface area contributed by atoms with E-state index in [1.807, 2.05) is 42.5 Å². The van der Waals surface area contributed by atoms with Crippen LogP contribution in [0.5, 0.6) is 11.5 Å². The third-order valence-corrected chi connectivity index (χ3v) is 5.69. The van der Waals surface area contributed by atoms with Gasteiger partial charge < -0.3 is 14.8 Å². The molecule has 1 N–H and O–H groups in total. The highest BCUT2D eigenvalue weighted by Crippen LogP contribution is 2.31. The van der Waals surface area contributed by atoms with Crippen LogP contribution in [-0.2, 0) is 6.61 Å². The fourth-order valence-electron chi connectivity index (χ4n) is 3.30. The van der Waals surface area contributed by atoms with E-state index in [1.54, 1.807) is 43.5 Å². The summed E-state index contributed by atoms with van der Waals surface area (Å²) in [4.78, 5) is 12.8. The van der Waals surface area contributed by atoms with Crippen LogP contribution in [0.15, 0.2) is 78.9 Å². The van der Waals surface area contributed by atoms with Gasteiger partial charge >= 0.3 is 0 Å². The van der Waals surface area contributed by atoms with E-state index in [2.05, 4.69) is 5.32 Å². The van der Waals surface area contributed by atoms with Crippen molar-refractivity contribution in [1.82, 2.24) is 0 Å². The molecule has 0 aromatic heterocycles. The van der Waals surface area contributed by atoms with Gasteiger partial charge in [0.05, 0.1) is 22.8 Å². The highest BCUT2D eigenvalue weighted by Gasteiger charge is 2.14. The number of halogens is 2. The van der Waals surface area contributed by atoms with E-state index in [0.29, 0.717) is 27.0 Å². The number of rotatable bonds is 6.